The summed E-state index contributed by atoms with van der Waals surface area (Å²) in [5, 5.41) is 2.10. The number of aromatic nitrogens is 2. The van der Waals surface area contributed by atoms with E-state index in [1.54, 1.807) is 24.3 Å². The van der Waals surface area contributed by atoms with Gasteiger partial charge in [0.25, 0.3) is 0 Å². The van der Waals surface area contributed by atoms with Crippen molar-refractivity contribution in [3.05, 3.63) is 46.7 Å². The first kappa shape index (κ1) is 20.7. The van der Waals surface area contributed by atoms with Crippen molar-refractivity contribution in [3.63, 3.8) is 0 Å². The van der Waals surface area contributed by atoms with Gasteiger partial charge in [-0.1, -0.05) is 37.6 Å². The third-order valence-electron chi connectivity index (χ3n) is 3.69. The first-order valence-corrected chi connectivity index (χ1v) is 10.2. The third-order valence-corrected chi connectivity index (χ3v) is 6.50. The van der Waals surface area contributed by atoms with Gasteiger partial charge in [0.2, 0.25) is 13.3 Å². The largest absolute Gasteiger partial charge is 0.420 e. The third kappa shape index (κ3) is 5.43. The molecular formula is C16H18ClF3N3O2P. The Balaban J connectivity index is 2.03. The van der Waals surface area contributed by atoms with E-state index in [4.69, 9.17) is 16.1 Å². The van der Waals surface area contributed by atoms with E-state index < -0.39 is 24.3 Å². The number of nitrogens with one attached hydrogen (secondary N) is 1. The van der Waals surface area contributed by atoms with E-state index in [1.165, 1.54) is 0 Å². The first-order chi connectivity index (χ1) is 12.2. The number of benzene rings is 1. The molecule has 1 N–H and O–H groups in total. The van der Waals surface area contributed by atoms with Gasteiger partial charge >= 0.3 is 6.18 Å². The van der Waals surface area contributed by atoms with Gasteiger partial charge in [-0.2, -0.15) is 13.2 Å². The van der Waals surface area contributed by atoms with Crippen molar-refractivity contribution in [2.45, 2.75) is 26.6 Å². The van der Waals surface area contributed by atoms with Crippen LogP contribution in [0.4, 0.5) is 24.8 Å². The maximum Gasteiger partial charge on any atom is 0.420 e. The average Bonchev–Trinajstić information content (AvgIpc) is 2.60. The number of hydrogen-bond donors (Lipinski definition) is 1. The molecular weight excluding hydrogens is 390 g/mol. The van der Waals surface area contributed by atoms with Crippen molar-refractivity contribution >= 4 is 30.6 Å². The molecule has 26 heavy (non-hydrogen) atoms. The molecule has 0 aliphatic carbocycles. The van der Waals surface area contributed by atoms with E-state index in [0.717, 1.165) is 5.56 Å². The summed E-state index contributed by atoms with van der Waals surface area (Å²) >= 11 is 5.56. The molecule has 1 aromatic carbocycles. The van der Waals surface area contributed by atoms with Crippen LogP contribution in [-0.2, 0) is 21.9 Å². The molecule has 5 nitrogen and oxygen atoms in total. The number of halogens is 4. The van der Waals surface area contributed by atoms with Gasteiger partial charge in [0.15, 0.2) is 0 Å². The monoisotopic (exact) mass is 407 g/mol. The minimum Gasteiger partial charge on any atom is -0.324 e. The van der Waals surface area contributed by atoms with E-state index in [-0.39, 0.29) is 12.6 Å². The lowest BCUT2D eigenvalue weighted by molar-refractivity contribution is -0.137. The van der Waals surface area contributed by atoms with Crippen molar-refractivity contribution in [2.75, 3.05) is 17.6 Å². The lowest BCUT2D eigenvalue weighted by Crippen LogP contribution is -2.09. The van der Waals surface area contributed by atoms with Crippen LogP contribution in [-0.4, -0.2) is 22.3 Å². The standard InChI is InChI=1S/C16H18ClF3N3O2P/c1-3-26(24,4-2)25-10-11-5-7-12(8-6-11)22-15-21-9-13(14(17)23-15)16(18,19)20/h5-9H,3-4,10H2,1-2H3,(H,21,22,23). The van der Waals surface area contributed by atoms with E-state index in [1.807, 2.05) is 13.8 Å². The molecule has 0 radical (unpaired) electrons. The summed E-state index contributed by atoms with van der Waals surface area (Å²) < 4.78 is 55.7. The molecule has 2 aromatic rings. The molecule has 0 unspecified atom stereocenters. The average molecular weight is 408 g/mol. The molecule has 0 aliphatic heterocycles. The zero-order chi connectivity index (χ0) is 19.4. The van der Waals surface area contributed by atoms with Crippen LogP contribution in [0.5, 0.6) is 0 Å². The maximum atomic E-state index is 12.6. The second-order valence-electron chi connectivity index (χ2n) is 5.44. The lowest BCUT2D eigenvalue weighted by Gasteiger charge is -2.15. The predicted octanol–water partition coefficient (Wildman–Crippen LogP) is 5.73. The summed E-state index contributed by atoms with van der Waals surface area (Å²) in [5.41, 5.74) is 0.302. The van der Waals surface area contributed by atoms with Crippen LogP contribution in [0.15, 0.2) is 30.5 Å². The highest BCUT2D eigenvalue weighted by molar-refractivity contribution is 7.58. The molecule has 0 aliphatic rings. The van der Waals surface area contributed by atoms with Crippen LogP contribution in [0.2, 0.25) is 5.15 Å². The van der Waals surface area contributed by atoms with Crippen molar-refractivity contribution in [1.29, 1.82) is 0 Å². The molecule has 1 aromatic heterocycles. The van der Waals surface area contributed by atoms with E-state index in [9.17, 15) is 17.7 Å². The number of alkyl halides is 3. The quantitative estimate of drug-likeness (QED) is 0.469. The van der Waals surface area contributed by atoms with Crippen LogP contribution in [0.1, 0.15) is 25.0 Å². The molecule has 0 fully saturated rings. The lowest BCUT2D eigenvalue weighted by atomic mass is 10.2. The summed E-state index contributed by atoms with van der Waals surface area (Å²) in [5.74, 6) is -0.0477. The van der Waals surface area contributed by atoms with E-state index in [0.29, 0.717) is 24.2 Å². The Morgan fingerprint density at radius 3 is 2.31 bits per heavy atom. The van der Waals surface area contributed by atoms with E-state index in [2.05, 4.69) is 15.3 Å². The molecule has 0 atom stereocenters. The number of rotatable bonds is 7. The van der Waals surface area contributed by atoms with Crippen LogP contribution < -0.4 is 5.32 Å². The Bertz CT molecular complexity index is 792. The molecule has 0 saturated heterocycles. The van der Waals surface area contributed by atoms with Gasteiger partial charge in [0, 0.05) is 24.2 Å². The SMILES string of the molecule is CCP(=O)(CC)OCc1ccc(Nc2ncc(C(F)(F)F)c(Cl)n2)cc1. The van der Waals surface area contributed by atoms with Gasteiger partial charge in [0.05, 0.1) is 6.61 Å². The fraction of sp³-hybridized carbons (Fsp3) is 0.375. The topological polar surface area (TPSA) is 64.1 Å². The summed E-state index contributed by atoms with van der Waals surface area (Å²) in [6.45, 7) is 3.88. The molecule has 0 saturated carbocycles. The van der Waals surface area contributed by atoms with Gasteiger partial charge in [-0.3, -0.25) is 4.57 Å². The molecule has 1 heterocycles. The summed E-state index contributed by atoms with van der Waals surface area (Å²) in [6, 6.07) is 6.89. The van der Waals surface area contributed by atoms with Gasteiger partial charge in [0.1, 0.15) is 10.7 Å². The highest BCUT2D eigenvalue weighted by Crippen LogP contribution is 2.46. The Morgan fingerprint density at radius 2 is 1.81 bits per heavy atom. The Morgan fingerprint density at radius 1 is 1.19 bits per heavy atom. The molecule has 142 valence electrons. The molecule has 2 rings (SSSR count). The van der Waals surface area contributed by atoms with Crippen LogP contribution in [0.25, 0.3) is 0 Å². The summed E-state index contributed by atoms with van der Waals surface area (Å²) in [4.78, 5) is 7.24. The second kappa shape index (κ2) is 8.37. The van der Waals surface area contributed by atoms with Crippen molar-refractivity contribution < 1.29 is 22.3 Å². The molecule has 0 spiro atoms. The Hall–Kier alpha value is -1.63. The van der Waals surface area contributed by atoms with Crippen LogP contribution in [0, 0.1) is 0 Å². The molecule has 10 heteroatoms. The van der Waals surface area contributed by atoms with Gasteiger partial charge in [-0.05, 0) is 17.7 Å². The Kier molecular flexibility index (Phi) is 6.66. The van der Waals surface area contributed by atoms with E-state index >= 15 is 0 Å². The van der Waals surface area contributed by atoms with Crippen molar-refractivity contribution in [3.8, 4) is 0 Å². The number of nitrogens with zero attached hydrogens (tertiary/aromatic N) is 2. The number of hydrogen-bond acceptors (Lipinski definition) is 5. The summed E-state index contributed by atoms with van der Waals surface area (Å²) in [7, 11) is -2.58. The summed E-state index contributed by atoms with van der Waals surface area (Å²) in [6.07, 6.45) is -3.01. The zero-order valence-corrected chi connectivity index (χ0v) is 15.8. The highest BCUT2D eigenvalue weighted by atomic mass is 35.5. The minimum atomic E-state index is -4.60. The highest BCUT2D eigenvalue weighted by Gasteiger charge is 2.34. The van der Waals surface area contributed by atoms with Crippen molar-refractivity contribution in [2.24, 2.45) is 0 Å². The second-order valence-corrected chi connectivity index (χ2v) is 8.95. The number of anilines is 2. The van der Waals surface area contributed by atoms with Crippen molar-refractivity contribution in [1.82, 2.24) is 9.97 Å². The van der Waals surface area contributed by atoms with Crippen LogP contribution >= 0.6 is 19.0 Å². The predicted molar refractivity (Wildman–Crippen MR) is 95.2 cm³/mol. The first-order valence-electron chi connectivity index (χ1n) is 7.85. The zero-order valence-electron chi connectivity index (χ0n) is 14.2. The van der Waals surface area contributed by atoms with Gasteiger partial charge in [-0.25, -0.2) is 9.97 Å². The minimum absolute atomic E-state index is 0.0477. The van der Waals surface area contributed by atoms with Gasteiger partial charge < -0.3 is 9.84 Å². The molecule has 0 bridgehead atoms. The van der Waals surface area contributed by atoms with Gasteiger partial charge in [-0.15, -0.1) is 0 Å². The fourth-order valence-electron chi connectivity index (χ4n) is 2.02. The fourth-order valence-corrected chi connectivity index (χ4v) is 3.46. The molecule has 0 amide bonds. The smallest absolute Gasteiger partial charge is 0.324 e. The maximum absolute atomic E-state index is 12.6. The Labute approximate surface area is 154 Å². The normalized spacial score (nSPS) is 12.2. The van der Waals surface area contributed by atoms with Crippen LogP contribution in [0.3, 0.4) is 0 Å².